The lowest BCUT2D eigenvalue weighted by Gasteiger charge is -2.27. The second-order valence-corrected chi connectivity index (χ2v) is 7.30. The molecule has 0 amide bonds. The lowest BCUT2D eigenvalue weighted by molar-refractivity contribution is 0.0709. The molecule has 0 saturated heterocycles. The fourth-order valence-corrected chi connectivity index (χ4v) is 2.35. The topological polar surface area (TPSA) is 162 Å². The Labute approximate surface area is 172 Å². The van der Waals surface area contributed by atoms with Gasteiger partial charge in [0.2, 0.25) is 0 Å². The summed E-state index contributed by atoms with van der Waals surface area (Å²) in [6.45, 7) is 6.29. The summed E-state index contributed by atoms with van der Waals surface area (Å²) in [5, 5.41) is 35.6. The molecular weight excluding hydrogens is 404 g/mol. The molecule has 0 aromatic heterocycles. The van der Waals surface area contributed by atoms with E-state index >= 15 is 0 Å². The second kappa shape index (κ2) is 14.3. The fourth-order valence-electron chi connectivity index (χ4n) is 2.35. The predicted molar refractivity (Wildman–Crippen MR) is 109 cm³/mol. The quantitative estimate of drug-likeness (QED) is 0.301. The van der Waals surface area contributed by atoms with Crippen LogP contribution >= 0.6 is 0 Å². The number of aliphatic hydroxyl groups excluding tert-OH is 4. The highest BCUT2D eigenvalue weighted by molar-refractivity contribution is 7.79. The Kier molecular flexibility index (Phi) is 13.4. The minimum absolute atomic E-state index is 0.173. The highest BCUT2D eigenvalue weighted by Crippen LogP contribution is 2.09. The molecule has 29 heavy (non-hydrogen) atoms. The van der Waals surface area contributed by atoms with Crippen LogP contribution in [0.15, 0.2) is 47.9 Å². The van der Waals surface area contributed by atoms with Crippen LogP contribution in [0.4, 0.5) is 0 Å². The summed E-state index contributed by atoms with van der Waals surface area (Å²) >= 11 is 0. The number of hydrogen-bond donors (Lipinski definition) is 6. The number of aliphatic hydroxyl groups is 4. The molecule has 0 saturated carbocycles. The molecule has 0 aliphatic carbocycles. The summed E-state index contributed by atoms with van der Waals surface area (Å²) in [6.07, 6.45) is 10.8. The molecule has 2 rings (SSSR count). The molecule has 2 aliphatic heterocycles. The minimum Gasteiger partial charge on any atom is -0.394 e. The number of allylic oxidation sites excluding steroid dienone is 6. The Bertz CT molecular complexity index is 636. The Hall–Kier alpha value is -1.73. The van der Waals surface area contributed by atoms with Crippen LogP contribution in [-0.2, 0) is 10.4 Å². The maximum Gasteiger partial charge on any atom is 0.394 e. The lowest BCUT2D eigenvalue weighted by Crippen LogP contribution is -2.34. The van der Waals surface area contributed by atoms with Crippen LogP contribution < -0.4 is 0 Å². The van der Waals surface area contributed by atoms with Gasteiger partial charge in [0, 0.05) is 37.6 Å². The second-order valence-electron chi connectivity index (χ2n) is 6.40. The molecule has 11 heteroatoms. The zero-order chi connectivity index (χ0) is 22.4. The standard InChI is InChI=1S/2C9H15NO2.H2O4S/c2*1-8-4-2-3-5-10(8)6-9(12)7-11;1-5(2,3)4/h2*2-4,9,11-12H,5-7H2,1H3;(H2,1,2,3,4). The van der Waals surface area contributed by atoms with Crippen molar-refractivity contribution in [3.05, 3.63) is 47.9 Å². The van der Waals surface area contributed by atoms with E-state index < -0.39 is 22.6 Å². The van der Waals surface area contributed by atoms with Crippen LogP contribution in [0.3, 0.4) is 0 Å². The van der Waals surface area contributed by atoms with E-state index in [1.807, 2.05) is 60.1 Å². The van der Waals surface area contributed by atoms with Gasteiger partial charge in [0.1, 0.15) is 0 Å². The first-order valence-corrected chi connectivity index (χ1v) is 10.3. The van der Waals surface area contributed by atoms with E-state index in [1.165, 1.54) is 0 Å². The summed E-state index contributed by atoms with van der Waals surface area (Å²) in [4.78, 5) is 4.06. The molecule has 2 aliphatic rings. The maximum absolute atomic E-state index is 9.18. The minimum atomic E-state index is -4.67. The van der Waals surface area contributed by atoms with Gasteiger partial charge in [-0.3, -0.25) is 9.11 Å². The molecule has 168 valence electrons. The Balaban J connectivity index is 0.000000442. The summed E-state index contributed by atoms with van der Waals surface area (Å²) in [5.74, 6) is 0. The first kappa shape index (κ1) is 27.3. The van der Waals surface area contributed by atoms with E-state index in [0.29, 0.717) is 13.1 Å². The van der Waals surface area contributed by atoms with E-state index in [1.54, 1.807) is 0 Å². The van der Waals surface area contributed by atoms with Crippen molar-refractivity contribution in [2.45, 2.75) is 26.1 Å². The van der Waals surface area contributed by atoms with Crippen molar-refractivity contribution in [2.75, 3.05) is 39.4 Å². The molecule has 0 spiro atoms. The normalized spacial score (nSPS) is 17.9. The number of β-amino-alcohol motifs (C(OH)–C–C–N with tert-alkyl or cyclic N) is 2. The molecule has 6 N–H and O–H groups in total. The van der Waals surface area contributed by atoms with Crippen molar-refractivity contribution in [2.24, 2.45) is 0 Å². The average Bonchev–Trinajstić information content (AvgIpc) is 2.64. The third-order valence-electron chi connectivity index (χ3n) is 3.88. The largest absolute Gasteiger partial charge is 0.394 e. The first-order chi connectivity index (χ1) is 13.5. The number of hydrogen-bond acceptors (Lipinski definition) is 8. The highest BCUT2D eigenvalue weighted by atomic mass is 32.3. The maximum atomic E-state index is 9.18. The zero-order valence-electron chi connectivity index (χ0n) is 16.7. The number of rotatable bonds is 6. The van der Waals surface area contributed by atoms with Crippen LogP contribution in [0, 0.1) is 0 Å². The van der Waals surface area contributed by atoms with Gasteiger partial charge in [0.25, 0.3) is 0 Å². The van der Waals surface area contributed by atoms with Crippen molar-refractivity contribution in [1.82, 2.24) is 9.80 Å². The summed E-state index contributed by atoms with van der Waals surface area (Å²) in [6, 6.07) is 0. The van der Waals surface area contributed by atoms with E-state index in [4.69, 9.17) is 27.7 Å². The van der Waals surface area contributed by atoms with E-state index in [2.05, 4.69) is 0 Å². The van der Waals surface area contributed by atoms with Gasteiger partial charge in [-0.25, -0.2) is 0 Å². The van der Waals surface area contributed by atoms with Crippen LogP contribution in [0.1, 0.15) is 13.8 Å². The van der Waals surface area contributed by atoms with Crippen molar-refractivity contribution in [1.29, 1.82) is 0 Å². The molecule has 0 radical (unpaired) electrons. The van der Waals surface area contributed by atoms with E-state index in [9.17, 15) is 10.2 Å². The van der Waals surface area contributed by atoms with Gasteiger partial charge in [0.05, 0.1) is 25.4 Å². The molecular formula is C18H32N2O8S. The summed E-state index contributed by atoms with van der Waals surface area (Å²) in [7, 11) is -4.67. The van der Waals surface area contributed by atoms with Crippen LogP contribution in [0.5, 0.6) is 0 Å². The van der Waals surface area contributed by atoms with E-state index in [0.717, 1.165) is 24.5 Å². The molecule has 0 aromatic carbocycles. The SMILES string of the molecule is CC1=CC=CCN1CC(O)CO.CC1=CC=CCN1CC(O)CO.O=S(=O)(O)O. The first-order valence-electron chi connectivity index (χ1n) is 8.92. The fraction of sp³-hybridized carbons (Fsp3) is 0.556. The average molecular weight is 437 g/mol. The summed E-state index contributed by atoms with van der Waals surface area (Å²) in [5.41, 5.74) is 2.26. The van der Waals surface area contributed by atoms with Crippen molar-refractivity contribution >= 4 is 10.4 Å². The van der Waals surface area contributed by atoms with E-state index in [-0.39, 0.29) is 13.2 Å². The third-order valence-corrected chi connectivity index (χ3v) is 3.88. The zero-order valence-corrected chi connectivity index (χ0v) is 17.5. The van der Waals surface area contributed by atoms with Crippen molar-refractivity contribution < 1.29 is 37.9 Å². The number of nitrogens with zero attached hydrogens (tertiary/aromatic N) is 2. The van der Waals surface area contributed by atoms with Gasteiger partial charge in [-0.05, 0) is 26.0 Å². The van der Waals surface area contributed by atoms with Gasteiger partial charge in [-0.2, -0.15) is 8.42 Å². The van der Waals surface area contributed by atoms with Crippen LogP contribution in [-0.4, -0.2) is 99.3 Å². The van der Waals surface area contributed by atoms with Crippen molar-refractivity contribution in [3.8, 4) is 0 Å². The van der Waals surface area contributed by atoms with Crippen LogP contribution in [0.2, 0.25) is 0 Å². The van der Waals surface area contributed by atoms with Gasteiger partial charge in [-0.1, -0.05) is 24.3 Å². The van der Waals surface area contributed by atoms with Gasteiger partial charge >= 0.3 is 10.4 Å². The Morgan fingerprint density at radius 2 is 1.17 bits per heavy atom. The molecule has 0 fully saturated rings. The van der Waals surface area contributed by atoms with Crippen molar-refractivity contribution in [3.63, 3.8) is 0 Å². The molecule has 10 nitrogen and oxygen atoms in total. The van der Waals surface area contributed by atoms with Gasteiger partial charge < -0.3 is 30.2 Å². The lowest BCUT2D eigenvalue weighted by atomic mass is 10.2. The van der Waals surface area contributed by atoms with Gasteiger partial charge in [0.15, 0.2) is 0 Å². The van der Waals surface area contributed by atoms with Crippen LogP contribution in [0.25, 0.3) is 0 Å². The Morgan fingerprint density at radius 3 is 1.41 bits per heavy atom. The molecule has 2 unspecified atom stereocenters. The Morgan fingerprint density at radius 1 is 0.862 bits per heavy atom. The molecule has 0 aromatic rings. The monoisotopic (exact) mass is 436 g/mol. The molecule has 2 atom stereocenters. The molecule has 0 bridgehead atoms. The summed E-state index contributed by atoms with van der Waals surface area (Å²) < 4.78 is 31.6. The molecule has 2 heterocycles. The predicted octanol–water partition coefficient (Wildman–Crippen LogP) is -0.422. The smallest absolute Gasteiger partial charge is 0.394 e. The highest BCUT2D eigenvalue weighted by Gasteiger charge is 2.11. The van der Waals surface area contributed by atoms with Gasteiger partial charge in [-0.15, -0.1) is 0 Å². The third kappa shape index (κ3) is 14.9.